The molecule has 1 aliphatic rings. The number of carbonyl (C=O) groups excluding carboxylic acids is 2. The second kappa shape index (κ2) is 6.18. The zero-order valence-corrected chi connectivity index (χ0v) is 10.9. The highest BCUT2D eigenvalue weighted by Gasteiger charge is 2.24. The average Bonchev–Trinajstić information content (AvgIpc) is 3.21. The summed E-state index contributed by atoms with van der Waals surface area (Å²) in [4.78, 5) is 34.0. The zero-order valence-electron chi connectivity index (χ0n) is 10.9. The number of carboxylic acid groups (broad SMARTS) is 1. The van der Waals surface area contributed by atoms with Crippen LogP contribution in [0.25, 0.3) is 0 Å². The van der Waals surface area contributed by atoms with Gasteiger partial charge in [0.2, 0.25) is 5.91 Å². The lowest BCUT2D eigenvalue weighted by Crippen LogP contribution is -2.27. The number of aliphatic carboxylic acids is 1. The predicted molar refractivity (Wildman–Crippen MR) is 72.4 cm³/mol. The Balaban J connectivity index is 2.01. The highest BCUT2D eigenvalue weighted by atomic mass is 16.4. The third-order valence-corrected chi connectivity index (χ3v) is 2.92. The first-order chi connectivity index (χ1) is 9.56. The van der Waals surface area contributed by atoms with Crippen molar-refractivity contribution < 1.29 is 19.5 Å². The Kier molecular flexibility index (Phi) is 4.34. The van der Waals surface area contributed by atoms with E-state index in [1.807, 2.05) is 0 Å². The molecule has 1 aliphatic carbocycles. The normalized spacial score (nSPS) is 13.6. The summed E-state index contributed by atoms with van der Waals surface area (Å²) < 4.78 is 0. The van der Waals surface area contributed by atoms with Crippen LogP contribution >= 0.6 is 0 Å². The molecule has 0 aliphatic heterocycles. The summed E-state index contributed by atoms with van der Waals surface area (Å²) in [5.41, 5.74) is 0.795. The molecule has 0 saturated heterocycles. The molecule has 0 bridgehead atoms. The topological polar surface area (TPSA) is 95.5 Å². The average molecular weight is 276 g/mol. The van der Waals surface area contributed by atoms with E-state index in [1.165, 1.54) is 0 Å². The largest absolute Gasteiger partial charge is 0.481 e. The van der Waals surface area contributed by atoms with Crippen LogP contribution in [0.2, 0.25) is 0 Å². The Morgan fingerprint density at radius 3 is 2.50 bits per heavy atom. The number of hydrogen-bond acceptors (Lipinski definition) is 3. The summed E-state index contributed by atoms with van der Waals surface area (Å²) in [5, 5.41) is 14.0. The van der Waals surface area contributed by atoms with Crippen molar-refractivity contribution in [3.05, 3.63) is 29.8 Å². The van der Waals surface area contributed by atoms with Crippen molar-refractivity contribution >= 4 is 23.5 Å². The molecule has 0 unspecified atom stereocenters. The van der Waals surface area contributed by atoms with Gasteiger partial charge in [-0.2, -0.15) is 0 Å². The fourth-order valence-corrected chi connectivity index (χ4v) is 1.71. The van der Waals surface area contributed by atoms with Gasteiger partial charge >= 0.3 is 5.97 Å². The molecule has 0 radical (unpaired) electrons. The smallest absolute Gasteiger partial charge is 0.303 e. The zero-order chi connectivity index (χ0) is 14.5. The van der Waals surface area contributed by atoms with Crippen LogP contribution in [-0.4, -0.2) is 28.9 Å². The first-order valence-electron chi connectivity index (χ1n) is 6.48. The maximum atomic E-state index is 12.0. The van der Waals surface area contributed by atoms with Gasteiger partial charge < -0.3 is 15.7 Å². The highest BCUT2D eigenvalue weighted by Crippen LogP contribution is 2.21. The SMILES string of the molecule is O=C(O)CCC(=O)Nc1ccccc1C(=O)NC1CC1. The summed E-state index contributed by atoms with van der Waals surface area (Å²) in [6.45, 7) is 0. The van der Waals surface area contributed by atoms with Crippen molar-refractivity contribution in [2.24, 2.45) is 0 Å². The third kappa shape index (κ3) is 4.08. The molecule has 2 rings (SSSR count). The number of para-hydroxylation sites is 1. The molecule has 1 aromatic rings. The second-order valence-corrected chi connectivity index (χ2v) is 4.74. The maximum absolute atomic E-state index is 12.0. The fraction of sp³-hybridized carbons (Fsp3) is 0.357. The summed E-state index contributed by atoms with van der Waals surface area (Å²) >= 11 is 0. The van der Waals surface area contributed by atoms with E-state index in [2.05, 4.69) is 10.6 Å². The van der Waals surface area contributed by atoms with Gasteiger partial charge in [0, 0.05) is 12.5 Å². The minimum atomic E-state index is -1.03. The van der Waals surface area contributed by atoms with Crippen LogP contribution in [0, 0.1) is 0 Å². The van der Waals surface area contributed by atoms with Gasteiger partial charge in [0.1, 0.15) is 0 Å². The van der Waals surface area contributed by atoms with E-state index >= 15 is 0 Å². The van der Waals surface area contributed by atoms with Crippen molar-refractivity contribution in [3.63, 3.8) is 0 Å². The van der Waals surface area contributed by atoms with E-state index in [0.29, 0.717) is 11.3 Å². The maximum Gasteiger partial charge on any atom is 0.303 e. The predicted octanol–water partition coefficient (Wildman–Crippen LogP) is 1.38. The number of rotatable bonds is 6. The first-order valence-corrected chi connectivity index (χ1v) is 6.48. The Morgan fingerprint density at radius 1 is 1.15 bits per heavy atom. The van der Waals surface area contributed by atoms with Gasteiger partial charge in [-0.15, -0.1) is 0 Å². The van der Waals surface area contributed by atoms with E-state index in [4.69, 9.17) is 5.11 Å². The number of hydrogen-bond donors (Lipinski definition) is 3. The van der Waals surface area contributed by atoms with E-state index in [0.717, 1.165) is 12.8 Å². The number of amides is 2. The van der Waals surface area contributed by atoms with Gasteiger partial charge in [-0.25, -0.2) is 0 Å². The summed E-state index contributed by atoms with van der Waals surface area (Å²) in [7, 11) is 0. The minimum absolute atomic E-state index is 0.117. The Bertz CT molecular complexity index is 538. The molecule has 106 valence electrons. The van der Waals surface area contributed by atoms with Gasteiger partial charge in [-0.1, -0.05) is 12.1 Å². The van der Waals surface area contributed by atoms with E-state index in [-0.39, 0.29) is 24.8 Å². The molecule has 0 spiro atoms. The lowest BCUT2D eigenvalue weighted by Gasteiger charge is -2.10. The number of nitrogens with one attached hydrogen (secondary N) is 2. The monoisotopic (exact) mass is 276 g/mol. The van der Waals surface area contributed by atoms with Crippen LogP contribution in [0.4, 0.5) is 5.69 Å². The summed E-state index contributed by atoms with van der Waals surface area (Å²) in [6.07, 6.45) is 1.62. The fourth-order valence-electron chi connectivity index (χ4n) is 1.71. The third-order valence-electron chi connectivity index (χ3n) is 2.92. The van der Waals surface area contributed by atoms with Crippen LogP contribution in [0.15, 0.2) is 24.3 Å². The van der Waals surface area contributed by atoms with Gasteiger partial charge in [0.25, 0.3) is 5.91 Å². The molecule has 6 nitrogen and oxygen atoms in total. The van der Waals surface area contributed by atoms with Crippen LogP contribution in [-0.2, 0) is 9.59 Å². The molecular formula is C14H16N2O4. The van der Waals surface area contributed by atoms with Crippen molar-refractivity contribution in [1.82, 2.24) is 5.32 Å². The summed E-state index contributed by atoms with van der Waals surface area (Å²) in [5.74, 6) is -1.67. The molecule has 1 fully saturated rings. The van der Waals surface area contributed by atoms with Gasteiger partial charge in [0.15, 0.2) is 0 Å². The van der Waals surface area contributed by atoms with Crippen molar-refractivity contribution in [2.45, 2.75) is 31.7 Å². The summed E-state index contributed by atoms with van der Waals surface area (Å²) in [6, 6.07) is 6.92. The van der Waals surface area contributed by atoms with Crippen molar-refractivity contribution in [2.75, 3.05) is 5.32 Å². The Labute approximate surface area is 116 Å². The van der Waals surface area contributed by atoms with E-state index in [1.54, 1.807) is 24.3 Å². The number of carbonyl (C=O) groups is 3. The van der Waals surface area contributed by atoms with Crippen LogP contribution in [0.1, 0.15) is 36.0 Å². The number of anilines is 1. The molecule has 0 heterocycles. The molecule has 6 heteroatoms. The van der Waals surface area contributed by atoms with Gasteiger partial charge in [0.05, 0.1) is 17.7 Å². The van der Waals surface area contributed by atoms with Gasteiger partial charge in [-0.3, -0.25) is 14.4 Å². The molecule has 3 N–H and O–H groups in total. The van der Waals surface area contributed by atoms with Crippen LogP contribution < -0.4 is 10.6 Å². The minimum Gasteiger partial charge on any atom is -0.481 e. The lowest BCUT2D eigenvalue weighted by atomic mass is 10.1. The van der Waals surface area contributed by atoms with Crippen LogP contribution in [0.5, 0.6) is 0 Å². The quantitative estimate of drug-likeness (QED) is 0.731. The van der Waals surface area contributed by atoms with Crippen molar-refractivity contribution in [1.29, 1.82) is 0 Å². The Morgan fingerprint density at radius 2 is 1.85 bits per heavy atom. The number of carboxylic acids is 1. The molecule has 2 amide bonds. The number of benzene rings is 1. The second-order valence-electron chi connectivity index (χ2n) is 4.74. The molecule has 0 atom stereocenters. The standard InChI is InChI=1S/C14H16N2O4/c17-12(7-8-13(18)19)16-11-4-2-1-3-10(11)14(20)15-9-5-6-9/h1-4,9H,5-8H2,(H,15,20)(H,16,17)(H,18,19). The first kappa shape index (κ1) is 14.0. The molecule has 1 saturated carbocycles. The lowest BCUT2D eigenvalue weighted by molar-refractivity contribution is -0.138. The van der Waals surface area contributed by atoms with E-state index < -0.39 is 11.9 Å². The highest BCUT2D eigenvalue weighted by molar-refractivity contribution is 6.04. The Hall–Kier alpha value is -2.37. The molecule has 0 aromatic heterocycles. The molecule has 1 aromatic carbocycles. The van der Waals surface area contributed by atoms with E-state index in [9.17, 15) is 14.4 Å². The van der Waals surface area contributed by atoms with Gasteiger partial charge in [-0.05, 0) is 25.0 Å². The van der Waals surface area contributed by atoms with Crippen molar-refractivity contribution in [3.8, 4) is 0 Å². The van der Waals surface area contributed by atoms with Crippen LogP contribution in [0.3, 0.4) is 0 Å². The molecular weight excluding hydrogens is 260 g/mol. The molecule has 20 heavy (non-hydrogen) atoms.